The number of carbonyl (C=O) groups excluding carboxylic acids is 1. The smallest absolute Gasteiger partial charge is 0.148 e. The molecular formula is C18H26O4. The first-order valence-corrected chi connectivity index (χ1v) is 7.86. The van der Waals surface area contributed by atoms with Crippen LogP contribution in [0.5, 0.6) is 0 Å². The fraction of sp³-hybridized carbons (Fsp3) is 0.611. The second kappa shape index (κ2) is 7.86. The largest absolute Gasteiger partial charge is 0.374 e. The Morgan fingerprint density at radius 3 is 2.59 bits per heavy atom. The zero-order valence-electron chi connectivity index (χ0n) is 13.7. The van der Waals surface area contributed by atoms with Crippen LogP contribution in [0, 0.1) is 0 Å². The van der Waals surface area contributed by atoms with E-state index in [2.05, 4.69) is 0 Å². The maximum atomic E-state index is 11.1. The van der Waals surface area contributed by atoms with E-state index in [0.717, 1.165) is 18.3 Å². The number of ether oxygens (including phenoxy) is 3. The van der Waals surface area contributed by atoms with Gasteiger partial charge in [-0.1, -0.05) is 30.3 Å². The number of rotatable bonds is 6. The highest BCUT2D eigenvalue weighted by Gasteiger charge is 2.32. The quantitative estimate of drug-likeness (QED) is 0.757. The van der Waals surface area contributed by atoms with Gasteiger partial charge < -0.3 is 19.0 Å². The molecule has 1 aliphatic rings. The topological polar surface area (TPSA) is 44.8 Å². The zero-order valence-corrected chi connectivity index (χ0v) is 13.7. The van der Waals surface area contributed by atoms with Gasteiger partial charge in [0.05, 0.1) is 31.0 Å². The van der Waals surface area contributed by atoms with Crippen molar-refractivity contribution >= 4 is 6.29 Å². The van der Waals surface area contributed by atoms with Crippen LogP contribution in [0.25, 0.3) is 0 Å². The summed E-state index contributed by atoms with van der Waals surface area (Å²) in [4.78, 5) is 11.1. The third-order valence-electron chi connectivity index (χ3n) is 3.48. The third-order valence-corrected chi connectivity index (χ3v) is 3.48. The Morgan fingerprint density at radius 2 is 1.95 bits per heavy atom. The first-order valence-electron chi connectivity index (χ1n) is 7.86. The first-order chi connectivity index (χ1) is 10.5. The molecule has 0 bridgehead atoms. The second-order valence-corrected chi connectivity index (χ2v) is 6.76. The molecule has 0 aliphatic carbocycles. The highest BCUT2D eigenvalue weighted by atomic mass is 16.6. The van der Waals surface area contributed by atoms with Crippen LogP contribution in [0.3, 0.4) is 0 Å². The summed E-state index contributed by atoms with van der Waals surface area (Å²) in [6.07, 6.45) is 1.79. The van der Waals surface area contributed by atoms with Gasteiger partial charge in [-0.3, -0.25) is 0 Å². The third kappa shape index (κ3) is 5.87. The lowest BCUT2D eigenvalue weighted by molar-refractivity contribution is -0.166. The Morgan fingerprint density at radius 1 is 1.23 bits per heavy atom. The monoisotopic (exact) mass is 306 g/mol. The van der Waals surface area contributed by atoms with Crippen molar-refractivity contribution < 1.29 is 19.0 Å². The van der Waals surface area contributed by atoms with E-state index in [1.54, 1.807) is 0 Å². The number of hydrogen-bond donors (Lipinski definition) is 0. The van der Waals surface area contributed by atoms with Gasteiger partial charge in [0.1, 0.15) is 12.4 Å². The van der Waals surface area contributed by atoms with Gasteiger partial charge in [-0.05, 0) is 26.3 Å². The van der Waals surface area contributed by atoms with Crippen molar-refractivity contribution in [2.45, 2.75) is 64.1 Å². The van der Waals surface area contributed by atoms with Gasteiger partial charge in [-0.2, -0.15) is 0 Å². The Hall–Kier alpha value is -1.23. The van der Waals surface area contributed by atoms with E-state index in [-0.39, 0.29) is 17.8 Å². The Balaban J connectivity index is 1.82. The molecule has 0 N–H and O–H groups in total. The van der Waals surface area contributed by atoms with E-state index in [1.165, 1.54) is 0 Å². The van der Waals surface area contributed by atoms with Gasteiger partial charge in [0.15, 0.2) is 0 Å². The van der Waals surface area contributed by atoms with Crippen LogP contribution < -0.4 is 0 Å². The molecule has 0 radical (unpaired) electrons. The normalized spacial score (nSPS) is 25.9. The van der Waals surface area contributed by atoms with Crippen LogP contribution in [-0.4, -0.2) is 36.8 Å². The van der Waals surface area contributed by atoms with Crippen LogP contribution in [-0.2, 0) is 25.6 Å². The van der Waals surface area contributed by atoms with Gasteiger partial charge in [-0.15, -0.1) is 0 Å². The van der Waals surface area contributed by atoms with Gasteiger partial charge in [0.25, 0.3) is 0 Å². The summed E-state index contributed by atoms with van der Waals surface area (Å²) >= 11 is 0. The molecule has 1 fully saturated rings. The SMILES string of the molecule is CC(C)(C)O[C@@H]1CC(C=O)O[C@H](COCc2ccccc2)C1. The molecule has 0 spiro atoms. The molecule has 1 aromatic rings. The maximum Gasteiger partial charge on any atom is 0.148 e. The molecule has 1 heterocycles. The molecule has 0 amide bonds. The van der Waals surface area contributed by atoms with Crippen molar-refractivity contribution in [3.05, 3.63) is 35.9 Å². The second-order valence-electron chi connectivity index (χ2n) is 6.76. The average molecular weight is 306 g/mol. The standard InChI is InChI=1S/C18H26O4/c1-18(2,3)22-15-9-16(11-19)21-17(10-15)13-20-12-14-7-5-4-6-8-14/h4-8,11,15-17H,9-10,12-13H2,1-3H3/t15-,16?,17+/m1/s1. The molecular weight excluding hydrogens is 280 g/mol. The fourth-order valence-corrected chi connectivity index (χ4v) is 2.68. The van der Waals surface area contributed by atoms with Crippen molar-refractivity contribution in [3.63, 3.8) is 0 Å². The Labute approximate surface area is 132 Å². The zero-order chi connectivity index (χ0) is 16.0. The molecule has 0 saturated carbocycles. The molecule has 1 saturated heterocycles. The minimum atomic E-state index is -0.397. The highest BCUT2D eigenvalue weighted by molar-refractivity contribution is 5.56. The molecule has 2 rings (SSSR count). The Kier molecular flexibility index (Phi) is 6.12. The summed E-state index contributed by atoms with van der Waals surface area (Å²) in [5.74, 6) is 0. The molecule has 3 atom stereocenters. The van der Waals surface area contributed by atoms with Crippen molar-refractivity contribution in [2.24, 2.45) is 0 Å². The molecule has 1 unspecified atom stereocenters. The predicted molar refractivity (Wildman–Crippen MR) is 84.7 cm³/mol. The molecule has 4 heteroatoms. The van der Waals surface area contributed by atoms with Crippen LogP contribution in [0.1, 0.15) is 39.2 Å². The van der Waals surface area contributed by atoms with E-state index >= 15 is 0 Å². The molecule has 22 heavy (non-hydrogen) atoms. The van der Waals surface area contributed by atoms with Gasteiger partial charge >= 0.3 is 0 Å². The minimum absolute atomic E-state index is 0.0364. The van der Waals surface area contributed by atoms with Crippen molar-refractivity contribution in [1.82, 2.24) is 0 Å². The lowest BCUT2D eigenvalue weighted by Gasteiger charge is -2.36. The number of hydrogen-bond acceptors (Lipinski definition) is 4. The molecule has 0 aromatic heterocycles. The lowest BCUT2D eigenvalue weighted by Crippen LogP contribution is -2.42. The van der Waals surface area contributed by atoms with E-state index in [9.17, 15) is 4.79 Å². The van der Waals surface area contributed by atoms with E-state index in [4.69, 9.17) is 14.2 Å². The molecule has 122 valence electrons. The van der Waals surface area contributed by atoms with Gasteiger partial charge in [0.2, 0.25) is 0 Å². The molecule has 1 aliphatic heterocycles. The highest BCUT2D eigenvalue weighted by Crippen LogP contribution is 2.25. The fourth-order valence-electron chi connectivity index (χ4n) is 2.68. The Bertz CT molecular complexity index is 452. The van der Waals surface area contributed by atoms with Crippen LogP contribution >= 0.6 is 0 Å². The average Bonchev–Trinajstić information content (AvgIpc) is 2.46. The van der Waals surface area contributed by atoms with Crippen LogP contribution in [0.2, 0.25) is 0 Å². The number of benzene rings is 1. The number of aldehydes is 1. The molecule has 4 nitrogen and oxygen atoms in total. The summed E-state index contributed by atoms with van der Waals surface area (Å²) in [6, 6.07) is 10.0. The molecule has 1 aromatic carbocycles. The van der Waals surface area contributed by atoms with Crippen molar-refractivity contribution in [3.8, 4) is 0 Å². The van der Waals surface area contributed by atoms with Crippen molar-refractivity contribution in [2.75, 3.05) is 6.61 Å². The summed E-state index contributed by atoms with van der Waals surface area (Å²) in [5.41, 5.74) is 0.915. The van der Waals surface area contributed by atoms with E-state index in [0.29, 0.717) is 19.6 Å². The van der Waals surface area contributed by atoms with E-state index in [1.807, 2.05) is 51.1 Å². The summed E-state index contributed by atoms with van der Waals surface area (Å²) in [7, 11) is 0. The lowest BCUT2D eigenvalue weighted by atomic mass is 10.0. The van der Waals surface area contributed by atoms with Gasteiger partial charge in [0, 0.05) is 12.8 Å². The maximum absolute atomic E-state index is 11.1. The predicted octanol–water partition coefficient (Wildman–Crippen LogP) is 3.13. The number of carbonyl (C=O) groups is 1. The van der Waals surface area contributed by atoms with Gasteiger partial charge in [-0.25, -0.2) is 0 Å². The van der Waals surface area contributed by atoms with Crippen LogP contribution in [0.4, 0.5) is 0 Å². The summed E-state index contributed by atoms with van der Waals surface area (Å²) in [5, 5.41) is 0. The summed E-state index contributed by atoms with van der Waals surface area (Å²) in [6.45, 7) is 7.11. The minimum Gasteiger partial charge on any atom is -0.374 e. The van der Waals surface area contributed by atoms with Crippen molar-refractivity contribution in [1.29, 1.82) is 0 Å². The van der Waals surface area contributed by atoms with Crippen LogP contribution in [0.15, 0.2) is 30.3 Å². The summed E-state index contributed by atoms with van der Waals surface area (Å²) < 4.78 is 17.5. The van der Waals surface area contributed by atoms with E-state index < -0.39 is 6.10 Å². The first kappa shape index (κ1) is 17.1.